The van der Waals surface area contributed by atoms with Gasteiger partial charge in [-0.1, -0.05) is 18.2 Å². The van der Waals surface area contributed by atoms with Crippen molar-refractivity contribution in [1.29, 1.82) is 0 Å². The maximum absolute atomic E-state index is 13.8. The zero-order chi connectivity index (χ0) is 19.3. The van der Waals surface area contributed by atoms with Crippen LogP contribution in [0, 0.1) is 11.6 Å². The molecule has 0 saturated carbocycles. The van der Waals surface area contributed by atoms with Crippen molar-refractivity contribution in [3.63, 3.8) is 0 Å². The van der Waals surface area contributed by atoms with E-state index in [2.05, 4.69) is 30.7 Å². The zero-order valence-electron chi connectivity index (χ0n) is 14.9. The molecule has 4 rings (SSSR count). The minimum Gasteiger partial charge on any atom is -0.378 e. The first kappa shape index (κ1) is 18.1. The van der Waals surface area contributed by atoms with Crippen molar-refractivity contribution in [2.75, 3.05) is 41.8 Å². The van der Waals surface area contributed by atoms with Gasteiger partial charge in [0, 0.05) is 13.1 Å². The Bertz CT molecular complexity index is 944. The minimum atomic E-state index is -0.717. The van der Waals surface area contributed by atoms with Crippen LogP contribution in [0.25, 0.3) is 0 Å². The summed E-state index contributed by atoms with van der Waals surface area (Å²) in [5.74, 6) is -1.05. The summed E-state index contributed by atoms with van der Waals surface area (Å²) in [5, 5.41) is 13.6. The number of morpholine rings is 1. The molecule has 1 aliphatic heterocycles. The molecule has 0 bridgehead atoms. The first-order chi connectivity index (χ1) is 13.7. The summed E-state index contributed by atoms with van der Waals surface area (Å²) in [4.78, 5) is 6.46. The van der Waals surface area contributed by atoms with E-state index in [0.29, 0.717) is 13.2 Å². The number of nitrogens with zero attached hydrogens (tertiary/aromatic N) is 4. The molecule has 0 atom stereocenters. The van der Waals surface area contributed by atoms with Crippen LogP contribution in [0.1, 0.15) is 0 Å². The van der Waals surface area contributed by atoms with Gasteiger partial charge in [-0.05, 0) is 24.3 Å². The van der Waals surface area contributed by atoms with Crippen molar-refractivity contribution in [1.82, 2.24) is 15.2 Å². The lowest BCUT2D eigenvalue weighted by atomic mass is 10.2. The van der Waals surface area contributed by atoms with Gasteiger partial charge in [0.1, 0.15) is 17.3 Å². The van der Waals surface area contributed by atoms with Crippen molar-refractivity contribution in [3.05, 3.63) is 60.3 Å². The lowest BCUT2D eigenvalue weighted by Gasteiger charge is -2.30. The predicted octanol–water partition coefficient (Wildman–Crippen LogP) is 3.47. The Morgan fingerprint density at radius 2 is 1.68 bits per heavy atom. The van der Waals surface area contributed by atoms with Gasteiger partial charge in [0.05, 0.1) is 30.8 Å². The standard InChI is InChI=1S/C19H18F2N6O/c20-13-4-3-5-14(21)18(13)24-17-12-22-26-19(25-17)23-15-6-1-2-7-16(15)27-8-10-28-11-9-27/h1-7,12H,8-11H2,(H2,23,24,25,26). The van der Waals surface area contributed by atoms with E-state index in [9.17, 15) is 8.78 Å². The van der Waals surface area contributed by atoms with Gasteiger partial charge in [-0.25, -0.2) is 8.78 Å². The van der Waals surface area contributed by atoms with Crippen molar-refractivity contribution in [2.45, 2.75) is 0 Å². The van der Waals surface area contributed by atoms with Crippen LogP contribution in [0.15, 0.2) is 48.7 Å². The molecule has 0 spiro atoms. The second kappa shape index (κ2) is 8.13. The first-order valence-corrected chi connectivity index (χ1v) is 8.80. The van der Waals surface area contributed by atoms with Crippen molar-refractivity contribution >= 4 is 28.8 Å². The molecule has 1 saturated heterocycles. The molecule has 1 aromatic heterocycles. The van der Waals surface area contributed by atoms with Crippen LogP contribution in [0.5, 0.6) is 0 Å². The molecule has 0 unspecified atom stereocenters. The third-order valence-corrected chi connectivity index (χ3v) is 4.28. The smallest absolute Gasteiger partial charge is 0.249 e. The average molecular weight is 384 g/mol. The Morgan fingerprint density at radius 1 is 0.929 bits per heavy atom. The van der Waals surface area contributed by atoms with Crippen LogP contribution in [0.3, 0.4) is 0 Å². The van der Waals surface area contributed by atoms with Gasteiger partial charge in [0.15, 0.2) is 5.82 Å². The van der Waals surface area contributed by atoms with E-state index in [-0.39, 0.29) is 17.5 Å². The quantitative estimate of drug-likeness (QED) is 0.698. The summed E-state index contributed by atoms with van der Waals surface area (Å²) in [6.07, 6.45) is 1.30. The second-order valence-electron chi connectivity index (χ2n) is 6.13. The molecule has 2 heterocycles. The highest BCUT2D eigenvalue weighted by atomic mass is 19.1. The number of benzene rings is 2. The lowest BCUT2D eigenvalue weighted by molar-refractivity contribution is 0.123. The van der Waals surface area contributed by atoms with Crippen LogP contribution in [0.2, 0.25) is 0 Å². The number of aromatic nitrogens is 3. The summed E-state index contributed by atoms with van der Waals surface area (Å²) in [6, 6.07) is 11.4. The van der Waals surface area contributed by atoms with E-state index in [1.165, 1.54) is 12.3 Å². The van der Waals surface area contributed by atoms with E-state index in [1.54, 1.807) is 0 Å². The number of anilines is 5. The van der Waals surface area contributed by atoms with Crippen LogP contribution in [-0.2, 0) is 4.74 Å². The van der Waals surface area contributed by atoms with Gasteiger partial charge in [0.25, 0.3) is 0 Å². The van der Waals surface area contributed by atoms with Gasteiger partial charge in [-0.15, -0.1) is 5.10 Å². The molecule has 7 nitrogen and oxygen atoms in total. The van der Waals surface area contributed by atoms with Gasteiger partial charge in [-0.2, -0.15) is 10.1 Å². The maximum atomic E-state index is 13.8. The van der Waals surface area contributed by atoms with Crippen LogP contribution in [0.4, 0.5) is 37.6 Å². The fourth-order valence-electron chi connectivity index (χ4n) is 2.94. The highest BCUT2D eigenvalue weighted by molar-refractivity contribution is 5.73. The maximum Gasteiger partial charge on any atom is 0.249 e. The third kappa shape index (κ3) is 3.99. The Morgan fingerprint density at radius 3 is 2.46 bits per heavy atom. The van der Waals surface area contributed by atoms with Crippen LogP contribution in [-0.4, -0.2) is 41.5 Å². The van der Waals surface area contributed by atoms with Gasteiger partial charge < -0.3 is 20.3 Å². The fourth-order valence-corrected chi connectivity index (χ4v) is 2.94. The molecule has 1 fully saturated rings. The molecule has 0 amide bonds. The van der Waals surface area contributed by atoms with E-state index < -0.39 is 11.6 Å². The Labute approximate surface area is 160 Å². The number of ether oxygens (including phenoxy) is 1. The fraction of sp³-hybridized carbons (Fsp3) is 0.211. The number of para-hydroxylation sites is 3. The summed E-state index contributed by atoms with van der Waals surface area (Å²) < 4.78 is 33.1. The summed E-state index contributed by atoms with van der Waals surface area (Å²) in [6.45, 7) is 2.90. The first-order valence-electron chi connectivity index (χ1n) is 8.80. The molecule has 2 N–H and O–H groups in total. The SMILES string of the molecule is Fc1cccc(F)c1Nc1cnnc(Nc2ccccc2N2CCOCC2)n1. The average Bonchev–Trinajstić information content (AvgIpc) is 2.72. The monoisotopic (exact) mass is 384 g/mol. The van der Waals surface area contributed by atoms with Crippen molar-refractivity contribution < 1.29 is 13.5 Å². The molecule has 28 heavy (non-hydrogen) atoms. The Balaban J connectivity index is 1.56. The number of nitrogens with one attached hydrogen (secondary N) is 2. The summed E-state index contributed by atoms with van der Waals surface area (Å²) in [5.41, 5.74) is 1.51. The Hall–Kier alpha value is -3.33. The molecule has 144 valence electrons. The summed E-state index contributed by atoms with van der Waals surface area (Å²) in [7, 11) is 0. The number of halogens is 2. The predicted molar refractivity (Wildman–Crippen MR) is 102 cm³/mol. The van der Waals surface area contributed by atoms with Crippen LogP contribution < -0.4 is 15.5 Å². The van der Waals surface area contributed by atoms with Crippen LogP contribution >= 0.6 is 0 Å². The molecular weight excluding hydrogens is 366 g/mol. The van der Waals surface area contributed by atoms with E-state index >= 15 is 0 Å². The number of hydrogen-bond acceptors (Lipinski definition) is 7. The van der Waals surface area contributed by atoms with Crippen molar-refractivity contribution in [2.24, 2.45) is 0 Å². The Kier molecular flexibility index (Phi) is 5.24. The van der Waals surface area contributed by atoms with E-state index in [0.717, 1.165) is 36.6 Å². The lowest BCUT2D eigenvalue weighted by Crippen LogP contribution is -2.36. The van der Waals surface area contributed by atoms with E-state index in [1.807, 2.05) is 24.3 Å². The molecule has 9 heteroatoms. The minimum absolute atomic E-state index is 0.172. The number of rotatable bonds is 5. The molecular formula is C19H18F2N6O. The highest BCUT2D eigenvalue weighted by Crippen LogP contribution is 2.28. The topological polar surface area (TPSA) is 75.2 Å². The molecule has 1 aliphatic rings. The third-order valence-electron chi connectivity index (χ3n) is 4.28. The zero-order valence-corrected chi connectivity index (χ0v) is 14.9. The second-order valence-corrected chi connectivity index (χ2v) is 6.13. The molecule has 0 aliphatic carbocycles. The molecule has 2 aromatic carbocycles. The highest BCUT2D eigenvalue weighted by Gasteiger charge is 2.15. The van der Waals surface area contributed by atoms with E-state index in [4.69, 9.17) is 4.74 Å². The molecule has 3 aromatic rings. The summed E-state index contributed by atoms with van der Waals surface area (Å²) >= 11 is 0. The van der Waals surface area contributed by atoms with Gasteiger partial charge in [0.2, 0.25) is 5.95 Å². The largest absolute Gasteiger partial charge is 0.378 e. The van der Waals surface area contributed by atoms with Gasteiger partial charge in [-0.3, -0.25) is 0 Å². The molecule has 0 radical (unpaired) electrons. The van der Waals surface area contributed by atoms with Gasteiger partial charge >= 0.3 is 0 Å². The number of hydrogen-bond donors (Lipinski definition) is 2. The van der Waals surface area contributed by atoms with Crippen molar-refractivity contribution in [3.8, 4) is 0 Å². The normalized spacial score (nSPS) is 14.0.